The second-order valence-corrected chi connectivity index (χ2v) is 6.07. The maximum Gasteiger partial charge on any atom is 0.434 e. The maximum atomic E-state index is 12.7. The molecule has 0 amide bonds. The Morgan fingerprint density at radius 3 is 2.17 bits per heavy atom. The molecule has 0 radical (unpaired) electrons. The second-order valence-electron chi connectivity index (χ2n) is 5.66. The van der Waals surface area contributed by atoms with Crippen molar-refractivity contribution < 1.29 is 26.3 Å². The molecule has 0 unspecified atom stereocenters. The fraction of sp³-hybridized carbons (Fsp3) is 0.643. The standard InChI is InChI=1S/C14H15ClF6N2/c15-10-5-6-11(23-12(10)14(19,20)21)22-7-8-1-3-9(4-2-8)13(16,17)18/h5-6,8-9H,1-4,7H2,(H,22,23). The minimum atomic E-state index is -4.65. The van der Waals surface area contributed by atoms with E-state index in [9.17, 15) is 26.3 Å². The van der Waals surface area contributed by atoms with E-state index in [4.69, 9.17) is 11.6 Å². The number of rotatable bonds is 3. The highest BCUT2D eigenvalue weighted by molar-refractivity contribution is 6.31. The summed E-state index contributed by atoms with van der Waals surface area (Å²) in [5, 5.41) is 2.26. The van der Waals surface area contributed by atoms with Gasteiger partial charge in [-0.15, -0.1) is 0 Å². The van der Waals surface area contributed by atoms with E-state index in [1.54, 1.807) is 0 Å². The van der Waals surface area contributed by atoms with Crippen LogP contribution >= 0.6 is 11.6 Å². The van der Waals surface area contributed by atoms with Gasteiger partial charge in [-0.3, -0.25) is 0 Å². The monoisotopic (exact) mass is 360 g/mol. The van der Waals surface area contributed by atoms with E-state index < -0.39 is 29.0 Å². The van der Waals surface area contributed by atoms with Crippen LogP contribution in [0.5, 0.6) is 0 Å². The third kappa shape index (κ3) is 4.89. The van der Waals surface area contributed by atoms with E-state index in [-0.39, 0.29) is 31.1 Å². The minimum absolute atomic E-state index is 0.0135. The Bertz CT molecular complexity index is 535. The van der Waals surface area contributed by atoms with Crippen LogP contribution in [0.1, 0.15) is 31.4 Å². The van der Waals surface area contributed by atoms with Crippen molar-refractivity contribution in [3.63, 3.8) is 0 Å². The van der Waals surface area contributed by atoms with E-state index in [0.717, 1.165) is 6.07 Å². The normalized spacial score (nSPS) is 22.9. The summed E-state index contributed by atoms with van der Waals surface area (Å²) < 4.78 is 75.8. The Kier molecular flexibility index (Phi) is 5.33. The molecule has 1 heterocycles. The highest BCUT2D eigenvalue weighted by atomic mass is 35.5. The van der Waals surface area contributed by atoms with Gasteiger partial charge in [0.25, 0.3) is 0 Å². The summed E-state index contributed by atoms with van der Waals surface area (Å²) in [4.78, 5) is 3.43. The Morgan fingerprint density at radius 1 is 1.04 bits per heavy atom. The summed E-state index contributed by atoms with van der Waals surface area (Å²) in [5.74, 6) is -1.27. The number of alkyl halides is 6. The van der Waals surface area contributed by atoms with Gasteiger partial charge in [0, 0.05) is 6.54 Å². The third-order valence-electron chi connectivity index (χ3n) is 4.00. The van der Waals surface area contributed by atoms with E-state index >= 15 is 0 Å². The first-order chi connectivity index (χ1) is 10.6. The number of anilines is 1. The van der Waals surface area contributed by atoms with Crippen molar-refractivity contribution in [1.82, 2.24) is 4.98 Å². The summed E-state index contributed by atoms with van der Waals surface area (Å²) in [6, 6.07) is 2.42. The summed E-state index contributed by atoms with van der Waals surface area (Å²) >= 11 is 5.47. The average molecular weight is 361 g/mol. The van der Waals surface area contributed by atoms with Crippen molar-refractivity contribution in [2.75, 3.05) is 11.9 Å². The summed E-state index contributed by atoms with van der Waals surface area (Å²) in [6.07, 6.45) is -7.94. The van der Waals surface area contributed by atoms with Crippen molar-refractivity contribution in [3.8, 4) is 0 Å². The number of nitrogens with zero attached hydrogens (tertiary/aromatic N) is 1. The van der Waals surface area contributed by atoms with Crippen LogP contribution in [0.25, 0.3) is 0 Å². The van der Waals surface area contributed by atoms with Crippen LogP contribution in [0.2, 0.25) is 5.02 Å². The average Bonchev–Trinajstić information content (AvgIpc) is 2.44. The molecule has 0 aliphatic heterocycles. The molecule has 1 aliphatic rings. The van der Waals surface area contributed by atoms with E-state index in [0.29, 0.717) is 12.8 Å². The molecule has 0 aromatic carbocycles. The van der Waals surface area contributed by atoms with Gasteiger partial charge < -0.3 is 5.32 Å². The highest BCUT2D eigenvalue weighted by Crippen LogP contribution is 2.39. The van der Waals surface area contributed by atoms with Crippen LogP contribution < -0.4 is 5.32 Å². The molecule has 2 nitrogen and oxygen atoms in total. The fourth-order valence-corrected chi connectivity index (χ4v) is 2.89. The van der Waals surface area contributed by atoms with Crippen molar-refractivity contribution >= 4 is 17.4 Å². The zero-order valence-corrected chi connectivity index (χ0v) is 12.7. The van der Waals surface area contributed by atoms with Crippen LogP contribution in [0.4, 0.5) is 32.2 Å². The molecule has 2 rings (SSSR count). The second kappa shape index (κ2) is 6.75. The molecule has 9 heteroatoms. The van der Waals surface area contributed by atoms with Crippen molar-refractivity contribution in [1.29, 1.82) is 0 Å². The molecule has 0 saturated heterocycles. The third-order valence-corrected chi connectivity index (χ3v) is 4.30. The van der Waals surface area contributed by atoms with Gasteiger partial charge in [0.1, 0.15) is 5.82 Å². The van der Waals surface area contributed by atoms with Gasteiger partial charge in [-0.2, -0.15) is 26.3 Å². The number of aromatic nitrogens is 1. The lowest BCUT2D eigenvalue weighted by Crippen LogP contribution is -2.30. The van der Waals surface area contributed by atoms with Crippen LogP contribution in [-0.2, 0) is 6.18 Å². The van der Waals surface area contributed by atoms with E-state index in [2.05, 4.69) is 10.3 Å². The Morgan fingerprint density at radius 2 is 1.65 bits per heavy atom. The molecule has 0 atom stereocenters. The summed E-state index contributed by atoms with van der Waals surface area (Å²) in [6.45, 7) is 0.288. The van der Waals surface area contributed by atoms with Crippen LogP contribution in [0.3, 0.4) is 0 Å². The van der Waals surface area contributed by atoms with Crippen molar-refractivity contribution in [2.45, 2.75) is 38.0 Å². The lowest BCUT2D eigenvalue weighted by Gasteiger charge is -2.30. The molecule has 130 valence electrons. The predicted molar refractivity (Wildman–Crippen MR) is 74.2 cm³/mol. The first-order valence-electron chi connectivity index (χ1n) is 7.11. The molecule has 0 spiro atoms. The quantitative estimate of drug-likeness (QED) is 0.716. The Hall–Kier alpha value is -1.18. The maximum absolute atomic E-state index is 12.7. The lowest BCUT2D eigenvalue weighted by atomic mass is 9.81. The van der Waals surface area contributed by atoms with Gasteiger partial charge in [0.15, 0.2) is 5.69 Å². The van der Waals surface area contributed by atoms with Crippen LogP contribution in [0, 0.1) is 11.8 Å². The van der Waals surface area contributed by atoms with E-state index in [1.165, 1.54) is 6.07 Å². The number of nitrogens with one attached hydrogen (secondary N) is 1. The Labute approximate surface area is 134 Å². The van der Waals surface area contributed by atoms with Gasteiger partial charge in [0.05, 0.1) is 10.9 Å². The molecule has 1 aromatic heterocycles. The molecule has 1 N–H and O–H groups in total. The minimum Gasteiger partial charge on any atom is -0.370 e. The fourth-order valence-electron chi connectivity index (χ4n) is 2.68. The van der Waals surface area contributed by atoms with Crippen LogP contribution in [-0.4, -0.2) is 17.7 Å². The lowest BCUT2D eigenvalue weighted by molar-refractivity contribution is -0.183. The van der Waals surface area contributed by atoms with Gasteiger partial charge in [0.2, 0.25) is 0 Å². The molecule has 1 saturated carbocycles. The highest BCUT2D eigenvalue weighted by Gasteiger charge is 2.41. The number of hydrogen-bond donors (Lipinski definition) is 1. The van der Waals surface area contributed by atoms with E-state index in [1.807, 2.05) is 0 Å². The zero-order chi connectivity index (χ0) is 17.3. The topological polar surface area (TPSA) is 24.9 Å². The molecular weight excluding hydrogens is 346 g/mol. The van der Waals surface area contributed by atoms with Gasteiger partial charge in [-0.25, -0.2) is 4.98 Å². The summed E-state index contributed by atoms with van der Waals surface area (Å²) in [7, 11) is 0. The zero-order valence-electron chi connectivity index (χ0n) is 11.9. The van der Waals surface area contributed by atoms with Gasteiger partial charge in [-0.05, 0) is 43.7 Å². The van der Waals surface area contributed by atoms with Crippen LogP contribution in [0.15, 0.2) is 12.1 Å². The van der Waals surface area contributed by atoms with Crippen molar-refractivity contribution in [3.05, 3.63) is 22.8 Å². The molecular formula is C14H15ClF6N2. The molecule has 1 aromatic rings. The largest absolute Gasteiger partial charge is 0.434 e. The first-order valence-corrected chi connectivity index (χ1v) is 7.49. The molecule has 1 aliphatic carbocycles. The SMILES string of the molecule is FC(F)(F)c1nc(NCC2CCC(C(F)(F)F)CC2)ccc1Cl. The number of pyridine rings is 1. The molecule has 1 fully saturated rings. The smallest absolute Gasteiger partial charge is 0.370 e. The first kappa shape index (κ1) is 18.2. The molecule has 0 bridgehead atoms. The van der Waals surface area contributed by atoms with Crippen molar-refractivity contribution in [2.24, 2.45) is 11.8 Å². The summed E-state index contributed by atoms with van der Waals surface area (Å²) in [5.41, 5.74) is -1.18. The predicted octanol–water partition coefficient (Wildman–Crippen LogP) is 5.53. The van der Waals surface area contributed by atoms with Gasteiger partial charge in [-0.1, -0.05) is 11.6 Å². The van der Waals surface area contributed by atoms with Gasteiger partial charge >= 0.3 is 12.4 Å². The number of halogens is 7. The molecule has 23 heavy (non-hydrogen) atoms. The Balaban J connectivity index is 1.90. The number of hydrogen-bond acceptors (Lipinski definition) is 2.